The summed E-state index contributed by atoms with van der Waals surface area (Å²) in [5, 5.41) is 5.92. The molecule has 9 nitrogen and oxygen atoms in total. The SMILES string of the molecule is Cc1cc(NC(=O)CN2C(=O)C(=O)N(C(C)C)C2=O)no1. The van der Waals surface area contributed by atoms with Crippen LogP contribution >= 0.6 is 0 Å². The van der Waals surface area contributed by atoms with Gasteiger partial charge < -0.3 is 9.84 Å². The molecule has 0 atom stereocenters. The maximum Gasteiger partial charge on any atom is 0.334 e. The monoisotopic (exact) mass is 294 g/mol. The Balaban J connectivity index is 2.05. The summed E-state index contributed by atoms with van der Waals surface area (Å²) in [6.45, 7) is 4.30. The second-order valence-electron chi connectivity index (χ2n) is 4.81. The summed E-state index contributed by atoms with van der Waals surface area (Å²) in [4.78, 5) is 48.5. The van der Waals surface area contributed by atoms with E-state index in [1.807, 2.05) is 0 Å². The Kier molecular flexibility index (Phi) is 3.74. The number of amides is 5. The van der Waals surface area contributed by atoms with Gasteiger partial charge in [-0.25, -0.2) is 9.69 Å². The molecular weight excluding hydrogens is 280 g/mol. The highest BCUT2D eigenvalue weighted by atomic mass is 16.5. The molecule has 1 saturated heterocycles. The van der Waals surface area contributed by atoms with E-state index in [1.54, 1.807) is 20.8 Å². The number of hydrogen-bond acceptors (Lipinski definition) is 6. The van der Waals surface area contributed by atoms with Crippen molar-refractivity contribution < 1.29 is 23.7 Å². The van der Waals surface area contributed by atoms with E-state index in [4.69, 9.17) is 4.52 Å². The van der Waals surface area contributed by atoms with Gasteiger partial charge in [0.2, 0.25) is 5.91 Å². The first kappa shape index (κ1) is 14.7. The van der Waals surface area contributed by atoms with Gasteiger partial charge in [-0.05, 0) is 20.8 Å². The fourth-order valence-electron chi connectivity index (χ4n) is 1.87. The van der Waals surface area contributed by atoms with Gasteiger partial charge in [0.15, 0.2) is 5.82 Å². The summed E-state index contributed by atoms with van der Waals surface area (Å²) in [6.07, 6.45) is 0. The zero-order valence-electron chi connectivity index (χ0n) is 11.7. The lowest BCUT2D eigenvalue weighted by atomic mass is 10.3. The van der Waals surface area contributed by atoms with E-state index in [2.05, 4.69) is 10.5 Å². The van der Waals surface area contributed by atoms with E-state index < -0.39 is 36.3 Å². The van der Waals surface area contributed by atoms with Crippen LogP contribution in [0.4, 0.5) is 10.6 Å². The van der Waals surface area contributed by atoms with Gasteiger partial charge in [0.1, 0.15) is 12.3 Å². The van der Waals surface area contributed by atoms with Crippen LogP contribution in [0.1, 0.15) is 19.6 Å². The van der Waals surface area contributed by atoms with E-state index in [0.29, 0.717) is 10.7 Å². The second-order valence-corrected chi connectivity index (χ2v) is 4.81. The molecule has 1 aromatic heterocycles. The maximum atomic E-state index is 12.0. The third-order valence-corrected chi connectivity index (χ3v) is 2.80. The zero-order chi connectivity index (χ0) is 15.7. The molecule has 21 heavy (non-hydrogen) atoms. The van der Waals surface area contributed by atoms with Crippen molar-refractivity contribution in [1.29, 1.82) is 0 Å². The molecule has 9 heteroatoms. The average Bonchev–Trinajstić information content (AvgIpc) is 2.87. The van der Waals surface area contributed by atoms with Crippen LogP contribution in [0.2, 0.25) is 0 Å². The van der Waals surface area contributed by atoms with Gasteiger partial charge in [0, 0.05) is 12.1 Å². The Labute approximate surface area is 119 Å². The number of nitrogens with one attached hydrogen (secondary N) is 1. The quantitative estimate of drug-likeness (QED) is 0.623. The van der Waals surface area contributed by atoms with Crippen LogP contribution in [-0.4, -0.2) is 51.3 Å². The second kappa shape index (κ2) is 5.35. The Bertz CT molecular complexity index is 621. The number of imide groups is 2. The summed E-state index contributed by atoms with van der Waals surface area (Å²) in [6, 6.07) is 0.226. The van der Waals surface area contributed by atoms with Crippen LogP contribution in [-0.2, 0) is 14.4 Å². The highest BCUT2D eigenvalue weighted by Gasteiger charge is 2.46. The van der Waals surface area contributed by atoms with Gasteiger partial charge in [-0.2, -0.15) is 0 Å². The summed E-state index contributed by atoms with van der Waals surface area (Å²) < 4.78 is 4.77. The Hall–Kier alpha value is -2.71. The lowest BCUT2D eigenvalue weighted by Crippen LogP contribution is -2.40. The van der Waals surface area contributed by atoms with Gasteiger partial charge in [0.05, 0.1) is 0 Å². The first-order valence-electron chi connectivity index (χ1n) is 6.23. The minimum Gasteiger partial charge on any atom is -0.360 e. The minimum atomic E-state index is -1.01. The van der Waals surface area contributed by atoms with Crippen molar-refractivity contribution in [3.63, 3.8) is 0 Å². The summed E-state index contributed by atoms with van der Waals surface area (Å²) in [5.74, 6) is -1.92. The molecule has 0 radical (unpaired) electrons. The van der Waals surface area contributed by atoms with Crippen molar-refractivity contribution in [3.05, 3.63) is 11.8 Å². The third-order valence-electron chi connectivity index (χ3n) is 2.80. The van der Waals surface area contributed by atoms with E-state index in [0.717, 1.165) is 4.90 Å². The smallest absolute Gasteiger partial charge is 0.334 e. The van der Waals surface area contributed by atoms with Crippen LogP contribution in [0.3, 0.4) is 0 Å². The van der Waals surface area contributed by atoms with Crippen LogP contribution in [0, 0.1) is 6.92 Å². The normalized spacial score (nSPS) is 15.3. The lowest BCUT2D eigenvalue weighted by molar-refractivity contribution is -0.144. The Morgan fingerprint density at radius 3 is 2.48 bits per heavy atom. The van der Waals surface area contributed by atoms with Crippen LogP contribution in [0.25, 0.3) is 0 Å². The predicted molar refractivity (Wildman–Crippen MR) is 69.0 cm³/mol. The van der Waals surface area contributed by atoms with Crippen molar-refractivity contribution in [1.82, 2.24) is 15.0 Å². The zero-order valence-corrected chi connectivity index (χ0v) is 11.7. The van der Waals surface area contributed by atoms with E-state index in [-0.39, 0.29) is 5.82 Å². The topological polar surface area (TPSA) is 113 Å². The lowest BCUT2D eigenvalue weighted by Gasteiger charge is -2.17. The molecule has 0 bridgehead atoms. The van der Waals surface area contributed by atoms with Crippen molar-refractivity contribution in [2.24, 2.45) is 0 Å². The number of rotatable bonds is 4. The molecule has 112 valence electrons. The number of carbonyl (C=O) groups excluding carboxylic acids is 4. The molecule has 1 aliphatic heterocycles. The number of aryl methyl sites for hydroxylation is 1. The van der Waals surface area contributed by atoms with Crippen LogP contribution in [0.15, 0.2) is 10.6 Å². The van der Waals surface area contributed by atoms with Gasteiger partial charge in [-0.1, -0.05) is 5.16 Å². The molecule has 0 saturated carbocycles. The van der Waals surface area contributed by atoms with E-state index in [9.17, 15) is 19.2 Å². The molecule has 1 N–H and O–H groups in total. The number of hydrogen-bond donors (Lipinski definition) is 1. The molecule has 5 amide bonds. The first-order chi connectivity index (χ1) is 9.81. The van der Waals surface area contributed by atoms with Crippen LogP contribution < -0.4 is 5.32 Å². The van der Waals surface area contributed by atoms with Crippen molar-refractivity contribution >= 4 is 29.6 Å². The molecule has 1 aliphatic rings. The van der Waals surface area contributed by atoms with Gasteiger partial charge >= 0.3 is 17.8 Å². The molecule has 2 heterocycles. The minimum absolute atomic E-state index is 0.170. The van der Waals surface area contributed by atoms with Gasteiger partial charge in [0.25, 0.3) is 0 Å². The van der Waals surface area contributed by atoms with Crippen molar-refractivity contribution in [2.45, 2.75) is 26.8 Å². The number of nitrogens with zero attached hydrogens (tertiary/aromatic N) is 3. The summed E-state index contributed by atoms with van der Waals surface area (Å²) >= 11 is 0. The fourth-order valence-corrected chi connectivity index (χ4v) is 1.87. The largest absolute Gasteiger partial charge is 0.360 e. The predicted octanol–water partition coefficient (Wildman–Crippen LogP) is 0.121. The Morgan fingerprint density at radius 2 is 2.00 bits per heavy atom. The van der Waals surface area contributed by atoms with Crippen LogP contribution in [0.5, 0.6) is 0 Å². The molecule has 0 unspecified atom stereocenters. The van der Waals surface area contributed by atoms with E-state index >= 15 is 0 Å². The number of urea groups is 1. The fraction of sp³-hybridized carbons (Fsp3) is 0.417. The maximum absolute atomic E-state index is 12.0. The molecule has 1 aromatic rings. The summed E-state index contributed by atoms with van der Waals surface area (Å²) in [7, 11) is 0. The molecular formula is C12H14N4O5. The number of anilines is 1. The first-order valence-corrected chi connectivity index (χ1v) is 6.23. The summed E-state index contributed by atoms with van der Waals surface area (Å²) in [5.41, 5.74) is 0. The third kappa shape index (κ3) is 2.76. The molecule has 2 rings (SSSR count). The number of carbonyl (C=O) groups is 4. The number of aromatic nitrogens is 1. The Morgan fingerprint density at radius 1 is 1.33 bits per heavy atom. The highest BCUT2D eigenvalue weighted by molar-refractivity contribution is 6.45. The van der Waals surface area contributed by atoms with Crippen molar-refractivity contribution in [3.8, 4) is 0 Å². The molecule has 0 aliphatic carbocycles. The van der Waals surface area contributed by atoms with Crippen molar-refractivity contribution in [2.75, 3.05) is 11.9 Å². The van der Waals surface area contributed by atoms with Gasteiger partial charge in [-0.15, -0.1) is 0 Å². The molecule has 1 fully saturated rings. The molecule has 0 spiro atoms. The average molecular weight is 294 g/mol. The molecule has 0 aromatic carbocycles. The highest BCUT2D eigenvalue weighted by Crippen LogP contribution is 2.15. The van der Waals surface area contributed by atoms with E-state index in [1.165, 1.54) is 6.07 Å². The van der Waals surface area contributed by atoms with Gasteiger partial charge in [-0.3, -0.25) is 19.3 Å². The standard InChI is InChI=1S/C12H14N4O5/c1-6(2)16-11(19)10(18)15(12(16)20)5-9(17)13-8-4-7(3)21-14-8/h4,6H,5H2,1-3H3,(H,13,14,17).